The smallest absolute Gasteiger partial charge is 0.269 e. The predicted molar refractivity (Wildman–Crippen MR) is 79.1 cm³/mol. The van der Waals surface area contributed by atoms with Crippen molar-refractivity contribution >= 4 is 22.4 Å². The zero-order chi connectivity index (χ0) is 15.6. The Morgan fingerprint density at radius 3 is 2.62 bits per heavy atom. The van der Waals surface area contributed by atoms with Gasteiger partial charge in [-0.3, -0.25) is 24.4 Å². The molecule has 0 spiro atoms. The van der Waals surface area contributed by atoms with Gasteiger partial charge >= 0.3 is 0 Å². The van der Waals surface area contributed by atoms with Crippen molar-refractivity contribution < 1.29 is 13.9 Å². The molecule has 1 N–H and O–H groups in total. The molecule has 1 fully saturated rings. The molecule has 2 rings (SSSR count). The van der Waals surface area contributed by atoms with Gasteiger partial charge in [0.05, 0.1) is 11.5 Å². The van der Waals surface area contributed by atoms with Crippen LogP contribution in [-0.2, 0) is 15.6 Å². The number of nitrogens with zero attached hydrogens (tertiary/aromatic N) is 2. The molecular formula is C13H17N3O4S. The Kier molecular flexibility index (Phi) is 4.69. The van der Waals surface area contributed by atoms with Gasteiger partial charge in [-0.25, -0.2) is 0 Å². The van der Waals surface area contributed by atoms with Crippen LogP contribution in [0.5, 0.6) is 0 Å². The lowest BCUT2D eigenvalue weighted by Crippen LogP contribution is -2.40. The van der Waals surface area contributed by atoms with Gasteiger partial charge in [0.15, 0.2) is 0 Å². The van der Waals surface area contributed by atoms with E-state index in [1.807, 2.05) is 6.92 Å². The second-order valence-electron chi connectivity index (χ2n) is 5.02. The van der Waals surface area contributed by atoms with E-state index in [-0.39, 0.29) is 30.3 Å². The summed E-state index contributed by atoms with van der Waals surface area (Å²) in [5, 5.41) is 13.8. The van der Waals surface area contributed by atoms with Crippen molar-refractivity contribution in [3.8, 4) is 0 Å². The number of non-ortho nitro benzene ring substituents is 1. The molecule has 3 atom stereocenters. The standard InChI is InChI=1S/C13H17N3O4S/c1-9(8-21(2)20)15-12(17)7-14-13(15)10-3-5-11(6-4-10)16(18)19/h3-6,9,13-14H,7-8H2,1-2H3. The van der Waals surface area contributed by atoms with Gasteiger partial charge in [-0.05, 0) is 24.6 Å². The molecule has 21 heavy (non-hydrogen) atoms. The van der Waals surface area contributed by atoms with Crippen LogP contribution in [0.25, 0.3) is 0 Å². The molecule has 7 nitrogen and oxygen atoms in total. The highest BCUT2D eigenvalue weighted by molar-refractivity contribution is 7.84. The highest BCUT2D eigenvalue weighted by atomic mass is 32.2. The van der Waals surface area contributed by atoms with Crippen LogP contribution in [0.4, 0.5) is 5.69 Å². The predicted octanol–water partition coefficient (Wildman–Crippen LogP) is 0.792. The third-order valence-electron chi connectivity index (χ3n) is 3.38. The van der Waals surface area contributed by atoms with E-state index in [0.29, 0.717) is 5.75 Å². The van der Waals surface area contributed by atoms with Crippen molar-refractivity contribution in [2.45, 2.75) is 19.1 Å². The Balaban J connectivity index is 2.22. The molecule has 1 aromatic rings. The van der Waals surface area contributed by atoms with Crippen LogP contribution in [0.2, 0.25) is 0 Å². The second kappa shape index (κ2) is 6.31. The third-order valence-corrected chi connectivity index (χ3v) is 4.34. The molecule has 1 aliphatic heterocycles. The van der Waals surface area contributed by atoms with Gasteiger partial charge in [0.2, 0.25) is 5.91 Å². The monoisotopic (exact) mass is 311 g/mol. The molecule has 0 aliphatic carbocycles. The van der Waals surface area contributed by atoms with E-state index in [2.05, 4.69) is 5.32 Å². The molecule has 3 unspecified atom stereocenters. The number of nitro benzene ring substituents is 1. The maximum absolute atomic E-state index is 12.0. The second-order valence-corrected chi connectivity index (χ2v) is 6.50. The maximum atomic E-state index is 12.0. The third kappa shape index (κ3) is 3.45. The summed E-state index contributed by atoms with van der Waals surface area (Å²) in [5.41, 5.74) is 0.789. The Labute approximate surface area is 124 Å². The van der Waals surface area contributed by atoms with E-state index in [1.165, 1.54) is 12.1 Å². The Hall–Kier alpha value is -1.80. The van der Waals surface area contributed by atoms with Crippen LogP contribution in [0.15, 0.2) is 24.3 Å². The summed E-state index contributed by atoms with van der Waals surface area (Å²) in [5.74, 6) is 0.341. The highest BCUT2D eigenvalue weighted by Crippen LogP contribution is 2.26. The summed E-state index contributed by atoms with van der Waals surface area (Å²) in [4.78, 5) is 23.9. The lowest BCUT2D eigenvalue weighted by molar-refractivity contribution is -0.384. The van der Waals surface area contributed by atoms with Crippen LogP contribution in [0, 0.1) is 10.1 Å². The summed E-state index contributed by atoms with van der Waals surface area (Å²) in [6, 6.07) is 5.94. The molecule has 8 heteroatoms. The van der Waals surface area contributed by atoms with E-state index < -0.39 is 15.7 Å². The molecule has 1 aromatic carbocycles. The normalized spacial score (nSPS) is 21.3. The van der Waals surface area contributed by atoms with Crippen LogP contribution in [0.1, 0.15) is 18.7 Å². The van der Waals surface area contributed by atoms with Crippen LogP contribution >= 0.6 is 0 Å². The fourth-order valence-corrected chi connectivity index (χ4v) is 3.33. The first kappa shape index (κ1) is 15.6. The average molecular weight is 311 g/mol. The summed E-state index contributed by atoms with van der Waals surface area (Å²) < 4.78 is 11.4. The molecular weight excluding hydrogens is 294 g/mol. The molecule has 1 amide bonds. The minimum atomic E-state index is -0.999. The molecule has 1 saturated heterocycles. The van der Waals surface area contributed by atoms with E-state index in [4.69, 9.17) is 0 Å². The van der Waals surface area contributed by atoms with Crippen LogP contribution in [-0.4, -0.2) is 44.5 Å². The number of hydrogen-bond donors (Lipinski definition) is 1. The molecule has 1 aliphatic rings. The zero-order valence-electron chi connectivity index (χ0n) is 11.8. The quantitative estimate of drug-likeness (QED) is 0.641. The number of amides is 1. The number of rotatable bonds is 5. The van der Waals surface area contributed by atoms with E-state index >= 15 is 0 Å². The van der Waals surface area contributed by atoms with E-state index in [1.54, 1.807) is 23.3 Å². The summed E-state index contributed by atoms with van der Waals surface area (Å²) >= 11 is 0. The minimum Gasteiger partial charge on any atom is -0.318 e. The molecule has 0 bridgehead atoms. The number of carbonyl (C=O) groups is 1. The molecule has 1 heterocycles. The van der Waals surface area contributed by atoms with Gasteiger partial charge in [-0.15, -0.1) is 0 Å². The summed E-state index contributed by atoms with van der Waals surface area (Å²) in [6.45, 7) is 2.06. The van der Waals surface area contributed by atoms with Gasteiger partial charge in [0.25, 0.3) is 5.69 Å². The van der Waals surface area contributed by atoms with Gasteiger partial charge in [-0.1, -0.05) is 0 Å². The fourth-order valence-electron chi connectivity index (χ4n) is 2.49. The van der Waals surface area contributed by atoms with Crippen molar-refractivity contribution in [3.05, 3.63) is 39.9 Å². The average Bonchev–Trinajstić information content (AvgIpc) is 2.80. The topological polar surface area (TPSA) is 92.6 Å². The Bertz CT molecular complexity index is 575. The number of carbonyl (C=O) groups excluding carboxylic acids is 1. The van der Waals surface area contributed by atoms with Crippen LogP contribution in [0.3, 0.4) is 0 Å². The van der Waals surface area contributed by atoms with Gasteiger partial charge in [0.1, 0.15) is 6.17 Å². The maximum Gasteiger partial charge on any atom is 0.269 e. The lowest BCUT2D eigenvalue weighted by atomic mass is 10.1. The Morgan fingerprint density at radius 2 is 2.10 bits per heavy atom. The van der Waals surface area contributed by atoms with E-state index in [9.17, 15) is 19.1 Å². The van der Waals surface area contributed by atoms with Crippen molar-refractivity contribution in [1.82, 2.24) is 10.2 Å². The first-order valence-electron chi connectivity index (χ1n) is 6.49. The minimum absolute atomic E-state index is 0.0114. The molecule has 114 valence electrons. The zero-order valence-corrected chi connectivity index (χ0v) is 12.6. The number of nitro groups is 1. The van der Waals surface area contributed by atoms with Crippen LogP contribution < -0.4 is 5.32 Å². The number of benzene rings is 1. The largest absolute Gasteiger partial charge is 0.318 e. The highest BCUT2D eigenvalue weighted by Gasteiger charge is 2.35. The SMILES string of the molecule is CC(CS(C)=O)N1C(=O)CNC1c1ccc([N+](=O)[O-])cc1. The van der Waals surface area contributed by atoms with Gasteiger partial charge < -0.3 is 4.90 Å². The summed E-state index contributed by atoms with van der Waals surface area (Å²) in [7, 11) is -0.999. The first-order valence-corrected chi connectivity index (χ1v) is 8.22. The molecule has 0 radical (unpaired) electrons. The summed E-state index contributed by atoms with van der Waals surface area (Å²) in [6.07, 6.45) is 1.27. The lowest BCUT2D eigenvalue weighted by Gasteiger charge is -2.30. The van der Waals surface area contributed by atoms with Crippen molar-refractivity contribution in [1.29, 1.82) is 0 Å². The molecule has 0 saturated carbocycles. The fraction of sp³-hybridized carbons (Fsp3) is 0.462. The van der Waals surface area contributed by atoms with Crippen molar-refractivity contribution in [2.75, 3.05) is 18.6 Å². The van der Waals surface area contributed by atoms with Crippen molar-refractivity contribution in [3.63, 3.8) is 0 Å². The number of nitrogens with one attached hydrogen (secondary N) is 1. The van der Waals surface area contributed by atoms with Gasteiger partial charge in [-0.2, -0.15) is 0 Å². The van der Waals surface area contributed by atoms with Gasteiger partial charge in [0, 0.05) is 41.0 Å². The molecule has 0 aromatic heterocycles. The van der Waals surface area contributed by atoms with E-state index in [0.717, 1.165) is 5.56 Å². The Morgan fingerprint density at radius 1 is 1.48 bits per heavy atom. The van der Waals surface area contributed by atoms with Crippen molar-refractivity contribution in [2.24, 2.45) is 0 Å². The first-order chi connectivity index (χ1) is 9.90. The number of hydrogen-bond acceptors (Lipinski definition) is 5.